The Labute approximate surface area is 219 Å². The number of anilines is 2. The molecule has 4 N–H and O–H groups in total. The molecule has 0 aliphatic heterocycles. The molecule has 5 rings (SSSR count). The number of fused-ring (bicyclic) bond motifs is 1. The number of para-hydroxylation sites is 1. The molecule has 0 bridgehead atoms. The maximum atomic E-state index is 13.1. The quantitative estimate of drug-likeness (QED) is 0.243. The lowest BCUT2D eigenvalue weighted by molar-refractivity contribution is -0.115. The lowest BCUT2D eigenvalue weighted by Crippen LogP contribution is -2.15. The first-order valence-corrected chi connectivity index (χ1v) is 11.6. The number of amides is 2. The van der Waals surface area contributed by atoms with E-state index in [2.05, 4.69) is 36.2 Å². The van der Waals surface area contributed by atoms with Crippen LogP contribution in [0.3, 0.4) is 0 Å². The molecule has 0 unspecified atom stereocenters. The minimum atomic E-state index is -0.432. The van der Waals surface area contributed by atoms with Gasteiger partial charge in [-0.2, -0.15) is 10.5 Å². The summed E-state index contributed by atoms with van der Waals surface area (Å²) in [7, 11) is 0. The fraction of sp³-hybridized carbons (Fsp3) is 0.0400. The van der Waals surface area contributed by atoms with Crippen molar-refractivity contribution in [3.8, 4) is 17.5 Å². The summed E-state index contributed by atoms with van der Waals surface area (Å²) in [4.78, 5) is 28.9. The van der Waals surface area contributed by atoms with Crippen LogP contribution in [0.15, 0.2) is 60.7 Å². The normalized spacial score (nSPS) is 10.7. The number of nitriles is 1. The Balaban J connectivity index is 1.37. The van der Waals surface area contributed by atoms with E-state index < -0.39 is 5.91 Å². The zero-order chi connectivity index (χ0) is 25.9. The average Bonchev–Trinajstić information content (AvgIpc) is 3.57. The fourth-order valence-electron chi connectivity index (χ4n) is 3.79. The molecule has 2 heterocycles. The molecule has 0 spiro atoms. The van der Waals surface area contributed by atoms with Gasteiger partial charge in [-0.3, -0.25) is 9.59 Å². The molecular formula is C25H16Cl2N8O2. The summed E-state index contributed by atoms with van der Waals surface area (Å²) in [6.45, 7) is 0. The van der Waals surface area contributed by atoms with Gasteiger partial charge in [-0.05, 0) is 53.2 Å². The molecule has 5 aromatic rings. The van der Waals surface area contributed by atoms with Gasteiger partial charge in [0, 0.05) is 10.9 Å². The van der Waals surface area contributed by atoms with Gasteiger partial charge < -0.3 is 15.6 Å². The fourth-order valence-corrected chi connectivity index (χ4v) is 4.11. The molecule has 2 amide bonds. The summed E-state index contributed by atoms with van der Waals surface area (Å²) >= 11 is 12.0. The monoisotopic (exact) mass is 530 g/mol. The maximum absolute atomic E-state index is 13.1. The van der Waals surface area contributed by atoms with Crippen LogP contribution in [-0.2, 0) is 11.2 Å². The van der Waals surface area contributed by atoms with Crippen molar-refractivity contribution in [3.63, 3.8) is 0 Å². The highest BCUT2D eigenvalue weighted by atomic mass is 35.5. The van der Waals surface area contributed by atoms with Crippen molar-refractivity contribution in [2.75, 3.05) is 10.6 Å². The third kappa shape index (κ3) is 5.13. The van der Waals surface area contributed by atoms with Crippen molar-refractivity contribution in [1.29, 1.82) is 5.26 Å². The van der Waals surface area contributed by atoms with Crippen LogP contribution in [-0.4, -0.2) is 37.4 Å². The SMILES string of the molecule is N#Cc1ccc(NC(=O)c2cc3cccc(NC(=O)Cc4ccc(Cl)c(Cl)c4)c3[nH]2)c(-c2nn[nH]n2)c1. The van der Waals surface area contributed by atoms with Crippen molar-refractivity contribution in [3.05, 3.63) is 87.5 Å². The minimum Gasteiger partial charge on any atom is -0.349 e. The minimum absolute atomic E-state index is 0.0961. The number of hydrogen-bond donors (Lipinski definition) is 4. The van der Waals surface area contributed by atoms with Gasteiger partial charge in [0.1, 0.15) is 5.69 Å². The Bertz CT molecular complexity index is 1690. The van der Waals surface area contributed by atoms with Gasteiger partial charge in [-0.1, -0.05) is 41.4 Å². The molecule has 0 saturated heterocycles. The number of tetrazole rings is 1. The second-order valence-corrected chi connectivity index (χ2v) is 8.80. The molecule has 37 heavy (non-hydrogen) atoms. The van der Waals surface area contributed by atoms with Gasteiger partial charge >= 0.3 is 0 Å². The van der Waals surface area contributed by atoms with Crippen LogP contribution < -0.4 is 10.6 Å². The summed E-state index contributed by atoms with van der Waals surface area (Å²) in [6.07, 6.45) is 0.0961. The van der Waals surface area contributed by atoms with Gasteiger partial charge in [0.2, 0.25) is 11.7 Å². The molecule has 0 aliphatic rings. The molecule has 0 atom stereocenters. The van der Waals surface area contributed by atoms with Crippen LogP contribution in [0.1, 0.15) is 21.6 Å². The van der Waals surface area contributed by atoms with E-state index >= 15 is 0 Å². The van der Waals surface area contributed by atoms with Crippen LogP contribution in [0.25, 0.3) is 22.3 Å². The number of rotatable bonds is 6. The number of benzene rings is 3. The highest BCUT2D eigenvalue weighted by Gasteiger charge is 2.17. The van der Waals surface area contributed by atoms with Gasteiger partial charge in [-0.15, -0.1) is 10.2 Å². The van der Waals surface area contributed by atoms with Crippen LogP contribution in [0, 0.1) is 11.3 Å². The number of carbonyl (C=O) groups is 2. The van der Waals surface area contributed by atoms with E-state index in [4.69, 9.17) is 23.2 Å². The molecule has 2 aromatic heterocycles. The predicted molar refractivity (Wildman–Crippen MR) is 139 cm³/mol. The standard InChI is InChI=1S/C25H16Cl2N8O2/c26-17-6-4-13(9-18(17)27)10-22(36)29-20-3-1-2-15-11-21(30-23(15)20)25(37)31-19-7-5-14(12-28)8-16(19)24-32-34-35-33-24/h1-9,11,30H,10H2,(H,29,36)(H,31,37)(H,32,33,34,35). The zero-order valence-corrected chi connectivity index (χ0v) is 20.4. The summed E-state index contributed by atoms with van der Waals surface area (Å²) in [5.74, 6) is -0.455. The number of carbonyl (C=O) groups excluding carboxylic acids is 2. The van der Waals surface area contributed by atoms with E-state index in [1.807, 2.05) is 12.1 Å². The first-order chi connectivity index (χ1) is 17.9. The second kappa shape index (κ2) is 10.1. The summed E-state index contributed by atoms with van der Waals surface area (Å²) in [5.41, 5.74) is 3.31. The molecule has 182 valence electrons. The zero-order valence-electron chi connectivity index (χ0n) is 18.8. The maximum Gasteiger partial charge on any atom is 0.272 e. The Kier molecular flexibility index (Phi) is 6.55. The second-order valence-electron chi connectivity index (χ2n) is 7.99. The summed E-state index contributed by atoms with van der Waals surface area (Å²) < 4.78 is 0. The van der Waals surface area contributed by atoms with E-state index in [0.717, 1.165) is 5.39 Å². The van der Waals surface area contributed by atoms with Crippen molar-refractivity contribution >= 4 is 57.3 Å². The third-order valence-electron chi connectivity index (χ3n) is 5.51. The smallest absolute Gasteiger partial charge is 0.272 e. The molecular weight excluding hydrogens is 515 g/mol. The summed E-state index contributed by atoms with van der Waals surface area (Å²) in [6, 6.07) is 18.8. The van der Waals surface area contributed by atoms with E-state index in [1.165, 1.54) is 0 Å². The third-order valence-corrected chi connectivity index (χ3v) is 6.25. The average molecular weight is 531 g/mol. The molecule has 3 aromatic carbocycles. The first-order valence-electron chi connectivity index (χ1n) is 10.9. The van der Waals surface area contributed by atoms with Crippen molar-refractivity contribution in [2.24, 2.45) is 0 Å². The van der Waals surface area contributed by atoms with Gasteiger partial charge in [-0.25, -0.2) is 0 Å². The van der Waals surface area contributed by atoms with Crippen LogP contribution in [0.2, 0.25) is 10.0 Å². The lowest BCUT2D eigenvalue weighted by Gasteiger charge is -2.09. The van der Waals surface area contributed by atoms with Gasteiger partial charge in [0.15, 0.2) is 0 Å². The van der Waals surface area contributed by atoms with Crippen molar-refractivity contribution in [2.45, 2.75) is 6.42 Å². The first kappa shape index (κ1) is 24.0. The lowest BCUT2D eigenvalue weighted by atomic mass is 10.1. The number of halogens is 2. The van der Waals surface area contributed by atoms with Gasteiger partial charge in [0.05, 0.1) is 45.0 Å². The van der Waals surface area contributed by atoms with Crippen molar-refractivity contribution < 1.29 is 9.59 Å². The van der Waals surface area contributed by atoms with Crippen LogP contribution in [0.4, 0.5) is 11.4 Å². The number of hydrogen-bond acceptors (Lipinski definition) is 6. The van der Waals surface area contributed by atoms with E-state index in [0.29, 0.717) is 43.6 Å². The van der Waals surface area contributed by atoms with E-state index in [1.54, 1.807) is 54.6 Å². The largest absolute Gasteiger partial charge is 0.349 e. The van der Waals surface area contributed by atoms with E-state index in [-0.39, 0.29) is 23.8 Å². The topological polar surface area (TPSA) is 152 Å². The molecule has 0 fully saturated rings. The molecule has 10 nitrogen and oxygen atoms in total. The highest BCUT2D eigenvalue weighted by Crippen LogP contribution is 2.28. The Morgan fingerprint density at radius 1 is 0.973 bits per heavy atom. The Morgan fingerprint density at radius 2 is 1.84 bits per heavy atom. The molecule has 0 saturated carbocycles. The Hall–Kier alpha value is -4.72. The van der Waals surface area contributed by atoms with Crippen LogP contribution >= 0.6 is 23.2 Å². The van der Waals surface area contributed by atoms with Gasteiger partial charge in [0.25, 0.3) is 5.91 Å². The van der Waals surface area contributed by atoms with Crippen molar-refractivity contribution in [1.82, 2.24) is 25.6 Å². The Morgan fingerprint density at radius 3 is 2.59 bits per heavy atom. The number of nitrogens with one attached hydrogen (secondary N) is 4. The van der Waals surface area contributed by atoms with E-state index in [9.17, 15) is 14.9 Å². The number of nitrogens with zero attached hydrogens (tertiary/aromatic N) is 4. The summed E-state index contributed by atoms with van der Waals surface area (Å²) in [5, 5.41) is 30.2. The predicted octanol–water partition coefficient (Wildman–Crippen LogP) is 4.96. The van der Waals surface area contributed by atoms with Crippen LogP contribution in [0.5, 0.6) is 0 Å². The molecule has 0 radical (unpaired) electrons. The number of aromatic nitrogens is 5. The number of aromatic amines is 2. The molecule has 12 heteroatoms. The number of H-pyrrole nitrogens is 2. The highest BCUT2D eigenvalue weighted by molar-refractivity contribution is 6.42. The molecule has 0 aliphatic carbocycles.